The second-order valence-corrected chi connectivity index (χ2v) is 5.50. The van der Waals surface area contributed by atoms with Crippen LogP contribution in [0, 0.1) is 0 Å². The molecule has 1 N–H and O–H groups in total. The lowest BCUT2D eigenvalue weighted by molar-refractivity contribution is -0.132. The van der Waals surface area contributed by atoms with Crippen molar-refractivity contribution in [2.75, 3.05) is 26.7 Å². The number of carbonyl (C=O) groups is 1. The zero-order valence-corrected chi connectivity index (χ0v) is 13.6. The summed E-state index contributed by atoms with van der Waals surface area (Å²) < 4.78 is 31.6. The summed E-state index contributed by atoms with van der Waals surface area (Å²) in [5, 5.41) is 3.11. The number of rotatable bonds is 5. The highest BCUT2D eigenvalue weighted by Gasteiger charge is 2.43. The van der Waals surface area contributed by atoms with E-state index in [1.165, 1.54) is 4.90 Å². The predicted molar refractivity (Wildman–Crippen MR) is 83.2 cm³/mol. The number of nitrogens with one attached hydrogen (secondary N) is 1. The van der Waals surface area contributed by atoms with Gasteiger partial charge in [-0.3, -0.25) is 10.1 Å². The standard InChI is InChI=1S/C14H17ClF2N2O2.ClH/c1-19(13(20)12-8-14(16,17)9-18-12)5-6-21-11-4-2-3-10(15)7-11;/h2-4,7,12,18H,5-6,8-9H2,1H3;1H. The minimum atomic E-state index is -2.81. The van der Waals surface area contributed by atoms with Gasteiger partial charge in [-0.25, -0.2) is 8.78 Å². The smallest absolute Gasteiger partial charge is 0.262 e. The average molecular weight is 355 g/mol. The molecule has 1 fully saturated rings. The lowest BCUT2D eigenvalue weighted by Gasteiger charge is -2.21. The highest BCUT2D eigenvalue weighted by atomic mass is 35.5. The Kier molecular flexibility index (Phi) is 6.84. The highest BCUT2D eigenvalue weighted by Crippen LogP contribution is 2.25. The van der Waals surface area contributed by atoms with Crippen molar-refractivity contribution in [2.45, 2.75) is 18.4 Å². The number of halogens is 4. The first-order valence-electron chi connectivity index (χ1n) is 6.62. The number of benzene rings is 1. The van der Waals surface area contributed by atoms with Gasteiger partial charge in [0.1, 0.15) is 12.4 Å². The van der Waals surface area contributed by atoms with Crippen LogP contribution in [0.2, 0.25) is 5.02 Å². The fourth-order valence-electron chi connectivity index (χ4n) is 2.12. The van der Waals surface area contributed by atoms with Gasteiger partial charge in [-0.2, -0.15) is 0 Å². The third-order valence-electron chi connectivity index (χ3n) is 3.28. The van der Waals surface area contributed by atoms with E-state index in [2.05, 4.69) is 5.32 Å². The van der Waals surface area contributed by atoms with Crippen LogP contribution in [0.3, 0.4) is 0 Å². The minimum Gasteiger partial charge on any atom is -0.492 e. The number of carbonyl (C=O) groups excluding carboxylic acids is 1. The van der Waals surface area contributed by atoms with E-state index in [4.69, 9.17) is 16.3 Å². The van der Waals surface area contributed by atoms with E-state index in [1.54, 1.807) is 31.3 Å². The van der Waals surface area contributed by atoms with Crippen LogP contribution in [0.5, 0.6) is 5.75 Å². The third kappa shape index (κ3) is 5.26. The van der Waals surface area contributed by atoms with Crippen molar-refractivity contribution in [3.63, 3.8) is 0 Å². The Labute approximate surface area is 139 Å². The Balaban J connectivity index is 0.00000242. The first-order valence-corrected chi connectivity index (χ1v) is 7.00. The number of nitrogens with zero attached hydrogens (tertiary/aromatic N) is 1. The van der Waals surface area contributed by atoms with Crippen molar-refractivity contribution in [1.82, 2.24) is 10.2 Å². The number of amides is 1. The van der Waals surface area contributed by atoms with E-state index in [0.29, 0.717) is 17.3 Å². The molecule has 0 spiro atoms. The molecule has 1 aromatic rings. The van der Waals surface area contributed by atoms with Crippen LogP contribution in [0.15, 0.2) is 24.3 Å². The van der Waals surface area contributed by atoms with Crippen LogP contribution in [0.25, 0.3) is 0 Å². The molecule has 8 heteroatoms. The molecule has 1 heterocycles. The van der Waals surface area contributed by atoms with E-state index in [9.17, 15) is 13.6 Å². The Morgan fingerprint density at radius 3 is 2.86 bits per heavy atom. The molecule has 0 saturated carbocycles. The van der Waals surface area contributed by atoms with Gasteiger partial charge in [0, 0.05) is 18.5 Å². The van der Waals surface area contributed by atoms with E-state index in [-0.39, 0.29) is 24.9 Å². The van der Waals surface area contributed by atoms with Crippen LogP contribution in [0.4, 0.5) is 8.78 Å². The first-order chi connectivity index (χ1) is 9.87. The van der Waals surface area contributed by atoms with Gasteiger partial charge in [-0.15, -0.1) is 12.4 Å². The maximum absolute atomic E-state index is 13.1. The van der Waals surface area contributed by atoms with E-state index in [0.717, 1.165) is 0 Å². The number of ether oxygens (including phenoxy) is 1. The summed E-state index contributed by atoms with van der Waals surface area (Å²) >= 11 is 5.83. The fourth-order valence-corrected chi connectivity index (χ4v) is 2.30. The van der Waals surface area contributed by atoms with Gasteiger partial charge in [0.05, 0.1) is 19.1 Å². The maximum atomic E-state index is 13.1. The molecule has 1 unspecified atom stereocenters. The van der Waals surface area contributed by atoms with E-state index >= 15 is 0 Å². The molecule has 0 aromatic heterocycles. The maximum Gasteiger partial charge on any atom is 0.262 e. The van der Waals surface area contributed by atoms with Crippen molar-refractivity contribution < 1.29 is 18.3 Å². The third-order valence-corrected chi connectivity index (χ3v) is 3.51. The van der Waals surface area contributed by atoms with Crippen LogP contribution < -0.4 is 10.1 Å². The summed E-state index contributed by atoms with van der Waals surface area (Å²) in [7, 11) is 1.57. The summed E-state index contributed by atoms with van der Waals surface area (Å²) in [6.07, 6.45) is -0.453. The second-order valence-electron chi connectivity index (χ2n) is 5.06. The molecule has 0 radical (unpaired) electrons. The molecule has 124 valence electrons. The Morgan fingerprint density at radius 2 is 2.27 bits per heavy atom. The van der Waals surface area contributed by atoms with Crippen LogP contribution in [0.1, 0.15) is 6.42 Å². The van der Waals surface area contributed by atoms with Gasteiger partial charge in [-0.1, -0.05) is 17.7 Å². The lowest BCUT2D eigenvalue weighted by Crippen LogP contribution is -2.43. The molecule has 1 aliphatic heterocycles. The van der Waals surface area contributed by atoms with Crippen molar-refractivity contribution in [3.8, 4) is 5.75 Å². The zero-order chi connectivity index (χ0) is 15.5. The van der Waals surface area contributed by atoms with Crippen LogP contribution >= 0.6 is 24.0 Å². The quantitative estimate of drug-likeness (QED) is 0.883. The normalized spacial score (nSPS) is 19.4. The topological polar surface area (TPSA) is 41.6 Å². The second kappa shape index (κ2) is 7.94. The number of alkyl halides is 2. The van der Waals surface area contributed by atoms with Crippen LogP contribution in [-0.2, 0) is 4.79 Å². The molecule has 22 heavy (non-hydrogen) atoms. The minimum absolute atomic E-state index is 0. The molecule has 2 rings (SSSR count). The largest absolute Gasteiger partial charge is 0.492 e. The van der Waals surface area contributed by atoms with Gasteiger partial charge in [-0.05, 0) is 18.2 Å². The monoisotopic (exact) mass is 354 g/mol. The number of hydrogen-bond donors (Lipinski definition) is 1. The fraction of sp³-hybridized carbons (Fsp3) is 0.500. The van der Waals surface area contributed by atoms with Gasteiger partial charge >= 0.3 is 0 Å². The summed E-state index contributed by atoms with van der Waals surface area (Å²) in [5.41, 5.74) is 0. The van der Waals surface area contributed by atoms with Crippen molar-refractivity contribution in [3.05, 3.63) is 29.3 Å². The summed E-state index contributed by atoms with van der Waals surface area (Å²) in [6, 6.07) is 6.10. The van der Waals surface area contributed by atoms with Crippen LogP contribution in [-0.4, -0.2) is 49.5 Å². The Bertz CT molecular complexity index is 517. The lowest BCUT2D eigenvalue weighted by atomic mass is 10.2. The number of hydrogen-bond acceptors (Lipinski definition) is 3. The highest BCUT2D eigenvalue weighted by molar-refractivity contribution is 6.30. The summed E-state index contributed by atoms with van der Waals surface area (Å²) in [6.45, 7) is 0.136. The zero-order valence-electron chi connectivity index (χ0n) is 12.0. The summed E-state index contributed by atoms with van der Waals surface area (Å²) in [4.78, 5) is 13.4. The first kappa shape index (κ1) is 18.9. The van der Waals surface area contributed by atoms with Crippen molar-refractivity contribution in [2.24, 2.45) is 0 Å². The Hall–Kier alpha value is -1.11. The molecule has 4 nitrogen and oxygen atoms in total. The molecule has 1 amide bonds. The molecule has 1 aliphatic rings. The van der Waals surface area contributed by atoms with Crippen molar-refractivity contribution in [1.29, 1.82) is 0 Å². The molecule has 0 bridgehead atoms. The summed E-state index contributed by atoms with van der Waals surface area (Å²) in [5.74, 6) is -2.55. The van der Waals surface area contributed by atoms with Gasteiger partial charge in [0.25, 0.3) is 5.92 Å². The van der Waals surface area contributed by atoms with E-state index < -0.39 is 24.9 Å². The SMILES string of the molecule is CN(CCOc1cccc(Cl)c1)C(=O)C1CC(F)(F)CN1.Cl. The number of likely N-dealkylation sites (N-methyl/N-ethyl adjacent to an activating group) is 1. The van der Waals surface area contributed by atoms with Crippen molar-refractivity contribution >= 4 is 29.9 Å². The Morgan fingerprint density at radius 1 is 1.55 bits per heavy atom. The van der Waals surface area contributed by atoms with Gasteiger partial charge in [0.15, 0.2) is 0 Å². The average Bonchev–Trinajstić information content (AvgIpc) is 2.78. The predicted octanol–water partition coefficient (Wildman–Crippen LogP) is 2.60. The molecule has 1 aromatic carbocycles. The molecular formula is C14H18Cl2F2N2O2. The molecule has 1 saturated heterocycles. The molecule has 0 aliphatic carbocycles. The van der Waals surface area contributed by atoms with Gasteiger partial charge in [0.2, 0.25) is 5.91 Å². The van der Waals surface area contributed by atoms with Gasteiger partial charge < -0.3 is 9.64 Å². The molecular weight excluding hydrogens is 337 g/mol. The van der Waals surface area contributed by atoms with E-state index in [1.807, 2.05) is 0 Å². The molecule has 1 atom stereocenters.